The highest BCUT2D eigenvalue weighted by Crippen LogP contribution is 2.24. The minimum atomic E-state index is -0.845. The first-order valence-electron chi connectivity index (χ1n) is 8.62. The van der Waals surface area contributed by atoms with Gasteiger partial charge in [0.1, 0.15) is 12.1 Å². The Morgan fingerprint density at radius 3 is 2.57 bits per heavy atom. The predicted octanol–water partition coefficient (Wildman–Crippen LogP) is 0.698. The van der Waals surface area contributed by atoms with Crippen LogP contribution in [0.15, 0.2) is 0 Å². The highest BCUT2D eigenvalue weighted by Gasteiger charge is 2.49. The van der Waals surface area contributed by atoms with Crippen LogP contribution in [-0.4, -0.2) is 65.4 Å². The van der Waals surface area contributed by atoms with E-state index >= 15 is 0 Å². The van der Waals surface area contributed by atoms with Gasteiger partial charge < -0.3 is 10.6 Å². The first kappa shape index (κ1) is 17.7. The number of nitrogens with one attached hydrogen (secondary N) is 2. The van der Waals surface area contributed by atoms with Gasteiger partial charge in [-0.2, -0.15) is 0 Å². The molecule has 0 saturated carbocycles. The number of rotatable bonds is 7. The fourth-order valence-electron chi connectivity index (χ4n) is 3.52. The molecule has 7 nitrogen and oxygen atoms in total. The zero-order valence-electron chi connectivity index (χ0n) is 14.4. The van der Waals surface area contributed by atoms with Gasteiger partial charge in [-0.25, -0.2) is 4.79 Å². The van der Waals surface area contributed by atoms with Crippen molar-refractivity contribution in [1.29, 1.82) is 0 Å². The molecular weight excluding hydrogens is 296 g/mol. The average Bonchev–Trinajstić information content (AvgIpc) is 3.10. The van der Waals surface area contributed by atoms with E-state index in [2.05, 4.69) is 22.5 Å². The van der Waals surface area contributed by atoms with Gasteiger partial charge in [0.25, 0.3) is 5.91 Å². The quantitative estimate of drug-likeness (QED) is 0.675. The summed E-state index contributed by atoms with van der Waals surface area (Å²) in [6.07, 6.45) is 3.28. The molecule has 0 aromatic carbocycles. The smallest absolute Gasteiger partial charge is 0.325 e. The Kier molecular flexibility index (Phi) is 5.62. The average molecular weight is 324 g/mol. The van der Waals surface area contributed by atoms with E-state index in [-0.39, 0.29) is 18.4 Å². The Morgan fingerprint density at radius 2 is 2.00 bits per heavy atom. The number of hydrogen-bond donors (Lipinski definition) is 2. The fourth-order valence-corrected chi connectivity index (χ4v) is 3.52. The number of urea groups is 1. The van der Waals surface area contributed by atoms with Gasteiger partial charge >= 0.3 is 6.03 Å². The lowest BCUT2D eigenvalue weighted by Crippen LogP contribution is -2.47. The summed E-state index contributed by atoms with van der Waals surface area (Å²) in [5.74, 6) is -0.571. The van der Waals surface area contributed by atoms with Crippen LogP contribution in [0.1, 0.15) is 46.5 Å². The van der Waals surface area contributed by atoms with Crippen molar-refractivity contribution in [2.24, 2.45) is 0 Å². The van der Waals surface area contributed by atoms with E-state index in [1.807, 2.05) is 13.8 Å². The number of hydrogen-bond acceptors (Lipinski definition) is 4. The molecule has 0 bridgehead atoms. The Morgan fingerprint density at radius 1 is 1.30 bits per heavy atom. The van der Waals surface area contributed by atoms with E-state index in [0.29, 0.717) is 25.4 Å². The number of likely N-dealkylation sites (N-methyl/N-ethyl adjacent to an activating group) is 1. The van der Waals surface area contributed by atoms with Crippen LogP contribution in [0.3, 0.4) is 0 Å². The standard InChI is InChI=1S/C16H28N4O3/c1-4-16(5-2)14(22)20(15(23)18-16)11-13(21)17-10-12-8-7-9-19(12)6-3/h12H,4-11H2,1-3H3,(H,17,21)(H,18,23). The number of carbonyl (C=O) groups is 3. The summed E-state index contributed by atoms with van der Waals surface area (Å²) in [7, 11) is 0. The maximum atomic E-state index is 12.4. The molecule has 2 heterocycles. The monoisotopic (exact) mass is 324 g/mol. The van der Waals surface area contributed by atoms with Crippen LogP contribution < -0.4 is 10.6 Å². The molecule has 0 aliphatic carbocycles. The molecule has 0 spiro atoms. The van der Waals surface area contributed by atoms with Gasteiger partial charge in [0.2, 0.25) is 5.91 Å². The maximum Gasteiger partial charge on any atom is 0.325 e. The van der Waals surface area contributed by atoms with Crippen molar-refractivity contribution in [2.45, 2.75) is 58.0 Å². The molecule has 0 aromatic rings. The first-order valence-corrected chi connectivity index (χ1v) is 8.62. The van der Waals surface area contributed by atoms with E-state index in [4.69, 9.17) is 0 Å². The number of imide groups is 1. The summed E-state index contributed by atoms with van der Waals surface area (Å²) in [5.41, 5.74) is -0.845. The minimum Gasteiger partial charge on any atom is -0.353 e. The minimum absolute atomic E-state index is 0.203. The second-order valence-corrected chi connectivity index (χ2v) is 6.34. The van der Waals surface area contributed by atoms with Gasteiger partial charge in [0.15, 0.2) is 0 Å². The molecule has 0 aromatic heterocycles. The molecule has 2 aliphatic rings. The zero-order valence-corrected chi connectivity index (χ0v) is 14.4. The van der Waals surface area contributed by atoms with E-state index in [9.17, 15) is 14.4 Å². The van der Waals surface area contributed by atoms with E-state index in [1.165, 1.54) is 0 Å². The van der Waals surface area contributed by atoms with Gasteiger partial charge in [-0.05, 0) is 38.8 Å². The molecule has 2 aliphatic heterocycles. The SMILES string of the molecule is CCN1CCCC1CNC(=O)CN1C(=O)NC(CC)(CC)C1=O. The van der Waals surface area contributed by atoms with Crippen LogP contribution in [0.5, 0.6) is 0 Å². The number of nitrogens with zero attached hydrogens (tertiary/aromatic N) is 2. The number of amides is 4. The van der Waals surface area contributed by atoms with Crippen LogP contribution in [-0.2, 0) is 9.59 Å². The molecule has 1 unspecified atom stereocenters. The molecule has 2 fully saturated rings. The van der Waals surface area contributed by atoms with Crippen LogP contribution in [0.25, 0.3) is 0 Å². The normalized spacial score (nSPS) is 24.1. The molecule has 2 rings (SSSR count). The Labute approximate surface area is 137 Å². The van der Waals surface area contributed by atoms with Crippen molar-refractivity contribution in [3.05, 3.63) is 0 Å². The molecule has 4 amide bonds. The molecule has 130 valence electrons. The second-order valence-electron chi connectivity index (χ2n) is 6.34. The molecule has 2 saturated heterocycles. The lowest BCUT2D eigenvalue weighted by Gasteiger charge is -2.24. The second kappa shape index (κ2) is 7.29. The van der Waals surface area contributed by atoms with Crippen molar-refractivity contribution in [1.82, 2.24) is 20.4 Å². The van der Waals surface area contributed by atoms with Crippen molar-refractivity contribution in [2.75, 3.05) is 26.2 Å². The molecular formula is C16H28N4O3. The largest absolute Gasteiger partial charge is 0.353 e. The van der Waals surface area contributed by atoms with Crippen LogP contribution >= 0.6 is 0 Å². The fraction of sp³-hybridized carbons (Fsp3) is 0.812. The first-order chi connectivity index (χ1) is 11.0. The molecule has 7 heteroatoms. The Hall–Kier alpha value is -1.63. The molecule has 0 radical (unpaired) electrons. The van der Waals surface area contributed by atoms with Crippen molar-refractivity contribution in [3.8, 4) is 0 Å². The maximum absolute atomic E-state index is 12.4. The Balaban J connectivity index is 1.88. The van der Waals surface area contributed by atoms with Crippen LogP contribution in [0.2, 0.25) is 0 Å². The summed E-state index contributed by atoms with van der Waals surface area (Å²) >= 11 is 0. The van der Waals surface area contributed by atoms with E-state index < -0.39 is 11.6 Å². The third kappa shape index (κ3) is 3.49. The highest BCUT2D eigenvalue weighted by atomic mass is 16.2. The lowest BCUT2D eigenvalue weighted by atomic mass is 9.93. The van der Waals surface area contributed by atoms with Crippen molar-refractivity contribution < 1.29 is 14.4 Å². The van der Waals surface area contributed by atoms with Gasteiger partial charge in [-0.1, -0.05) is 20.8 Å². The Bertz CT molecular complexity index is 476. The predicted molar refractivity (Wildman–Crippen MR) is 86.8 cm³/mol. The highest BCUT2D eigenvalue weighted by molar-refractivity contribution is 6.08. The summed E-state index contributed by atoms with van der Waals surface area (Å²) < 4.78 is 0. The summed E-state index contributed by atoms with van der Waals surface area (Å²) in [6, 6.07) is -0.109. The summed E-state index contributed by atoms with van der Waals surface area (Å²) in [6.45, 7) is 8.26. The van der Waals surface area contributed by atoms with Crippen molar-refractivity contribution in [3.63, 3.8) is 0 Å². The third-order valence-corrected chi connectivity index (χ3v) is 5.19. The lowest BCUT2D eigenvalue weighted by molar-refractivity contribution is -0.135. The van der Waals surface area contributed by atoms with Gasteiger partial charge in [0, 0.05) is 12.6 Å². The third-order valence-electron chi connectivity index (χ3n) is 5.19. The van der Waals surface area contributed by atoms with Crippen molar-refractivity contribution >= 4 is 17.8 Å². The van der Waals surface area contributed by atoms with E-state index in [0.717, 1.165) is 30.8 Å². The van der Waals surface area contributed by atoms with Gasteiger partial charge in [0.05, 0.1) is 0 Å². The van der Waals surface area contributed by atoms with Gasteiger partial charge in [-0.15, -0.1) is 0 Å². The van der Waals surface area contributed by atoms with Gasteiger partial charge in [-0.3, -0.25) is 19.4 Å². The zero-order chi connectivity index (χ0) is 17.0. The summed E-state index contributed by atoms with van der Waals surface area (Å²) in [4.78, 5) is 40.0. The molecule has 1 atom stereocenters. The van der Waals surface area contributed by atoms with Crippen LogP contribution in [0.4, 0.5) is 4.79 Å². The molecule has 2 N–H and O–H groups in total. The van der Waals surface area contributed by atoms with E-state index in [1.54, 1.807) is 0 Å². The molecule has 23 heavy (non-hydrogen) atoms. The van der Waals surface area contributed by atoms with Crippen LogP contribution in [0, 0.1) is 0 Å². The number of likely N-dealkylation sites (tertiary alicyclic amines) is 1. The summed E-state index contributed by atoms with van der Waals surface area (Å²) in [5, 5.41) is 5.60. The number of carbonyl (C=O) groups excluding carboxylic acids is 3. The topological polar surface area (TPSA) is 81.8 Å².